The Morgan fingerprint density at radius 1 is 1.05 bits per heavy atom. The molecule has 0 aromatic heterocycles. The second kappa shape index (κ2) is 5.77. The van der Waals surface area contributed by atoms with Gasteiger partial charge in [0.1, 0.15) is 0 Å². The van der Waals surface area contributed by atoms with E-state index in [4.69, 9.17) is 0 Å². The second-order valence-corrected chi connectivity index (χ2v) is 5.47. The molecule has 110 valence electrons. The predicted octanol–water partition coefficient (Wildman–Crippen LogP) is 5.07. The largest absolute Gasteiger partial charge is 0.416 e. The average molecular weight is 313 g/mol. The van der Waals surface area contributed by atoms with Gasteiger partial charge >= 0.3 is 6.18 Å². The van der Waals surface area contributed by atoms with Gasteiger partial charge in [0.2, 0.25) is 0 Å². The molecule has 0 aliphatic heterocycles. The molecule has 0 amide bonds. The number of rotatable bonds is 3. The summed E-state index contributed by atoms with van der Waals surface area (Å²) in [5.74, 6) is 0. The van der Waals surface area contributed by atoms with Crippen molar-refractivity contribution in [1.29, 1.82) is 0 Å². The maximum atomic E-state index is 12.8. The summed E-state index contributed by atoms with van der Waals surface area (Å²) in [5, 5.41) is 10.5. The van der Waals surface area contributed by atoms with Crippen LogP contribution in [0.2, 0.25) is 0 Å². The summed E-state index contributed by atoms with van der Waals surface area (Å²) < 4.78 is 38.5. The van der Waals surface area contributed by atoms with Crippen LogP contribution in [0.3, 0.4) is 0 Å². The van der Waals surface area contributed by atoms with Crippen molar-refractivity contribution in [3.8, 4) is 0 Å². The molecule has 0 aliphatic carbocycles. The molecular formula is C14H10F3NO2S. The Morgan fingerprint density at radius 3 is 2.14 bits per heavy atom. The van der Waals surface area contributed by atoms with Crippen LogP contribution >= 0.6 is 11.8 Å². The molecule has 0 saturated carbocycles. The molecule has 7 heteroatoms. The zero-order valence-electron chi connectivity index (χ0n) is 10.8. The minimum atomic E-state index is -4.39. The van der Waals surface area contributed by atoms with Crippen molar-refractivity contribution in [2.45, 2.75) is 22.9 Å². The number of aryl methyl sites for hydroxylation is 1. The Labute approximate surface area is 122 Å². The van der Waals surface area contributed by atoms with Crippen LogP contribution in [-0.4, -0.2) is 4.92 Å². The van der Waals surface area contributed by atoms with Gasteiger partial charge in [-0.05, 0) is 36.8 Å². The van der Waals surface area contributed by atoms with Gasteiger partial charge in [-0.2, -0.15) is 13.2 Å². The Bertz CT molecular complexity index is 669. The molecule has 0 N–H and O–H groups in total. The van der Waals surface area contributed by atoms with Crippen LogP contribution in [0.15, 0.2) is 52.3 Å². The van der Waals surface area contributed by atoms with Gasteiger partial charge in [-0.3, -0.25) is 10.1 Å². The highest BCUT2D eigenvalue weighted by atomic mass is 32.2. The first kappa shape index (κ1) is 15.4. The summed E-state index contributed by atoms with van der Waals surface area (Å²) in [6, 6.07) is 9.75. The molecule has 0 aliphatic rings. The smallest absolute Gasteiger partial charge is 0.258 e. The van der Waals surface area contributed by atoms with Crippen molar-refractivity contribution >= 4 is 17.4 Å². The third kappa shape index (κ3) is 3.75. The van der Waals surface area contributed by atoms with Gasteiger partial charge in [-0.25, -0.2) is 0 Å². The Kier molecular flexibility index (Phi) is 4.22. The molecule has 0 saturated heterocycles. The molecule has 2 aromatic rings. The number of hydrogen-bond donors (Lipinski definition) is 0. The number of hydrogen-bond acceptors (Lipinski definition) is 3. The summed E-state index contributed by atoms with van der Waals surface area (Å²) in [4.78, 5) is 11.1. The average Bonchev–Trinajstić information content (AvgIpc) is 2.40. The van der Waals surface area contributed by atoms with Crippen molar-refractivity contribution in [2.24, 2.45) is 0 Å². The van der Waals surface area contributed by atoms with Crippen molar-refractivity contribution in [3.05, 3.63) is 63.7 Å². The summed E-state index contributed by atoms with van der Waals surface area (Å²) >= 11 is 1.12. The number of halogens is 3. The first-order valence-electron chi connectivity index (χ1n) is 5.87. The number of alkyl halides is 3. The van der Waals surface area contributed by atoms with Gasteiger partial charge < -0.3 is 0 Å². The molecule has 21 heavy (non-hydrogen) atoms. The molecule has 0 radical (unpaired) electrons. The zero-order valence-corrected chi connectivity index (χ0v) is 11.7. The van der Waals surface area contributed by atoms with Gasteiger partial charge in [-0.15, -0.1) is 0 Å². The lowest BCUT2D eigenvalue weighted by Crippen LogP contribution is -2.07. The molecule has 2 rings (SSSR count). The minimum absolute atomic E-state index is 0.0563. The Morgan fingerprint density at radius 2 is 1.62 bits per heavy atom. The van der Waals surface area contributed by atoms with Crippen LogP contribution in [0, 0.1) is 17.0 Å². The second-order valence-electron chi connectivity index (χ2n) is 4.33. The van der Waals surface area contributed by atoms with E-state index < -0.39 is 16.7 Å². The molecule has 0 spiro atoms. The third-order valence-corrected chi connectivity index (χ3v) is 3.80. The highest BCUT2D eigenvalue weighted by Gasteiger charge is 2.32. The first-order chi connectivity index (χ1) is 9.77. The first-order valence-corrected chi connectivity index (χ1v) is 6.69. The van der Waals surface area contributed by atoms with Crippen molar-refractivity contribution < 1.29 is 18.1 Å². The molecular weight excluding hydrogens is 303 g/mol. The maximum absolute atomic E-state index is 12.8. The van der Waals surface area contributed by atoms with Gasteiger partial charge in [0.05, 0.1) is 10.5 Å². The standard InChI is InChI=1S/C14H10F3NO2S/c1-9-2-5-12(8-13(9)14(15,16)17)21-11-6-3-10(4-7-11)18(19)20/h2-8H,1H3. The van der Waals surface area contributed by atoms with Gasteiger partial charge in [0, 0.05) is 21.9 Å². The highest BCUT2D eigenvalue weighted by molar-refractivity contribution is 7.99. The lowest BCUT2D eigenvalue weighted by atomic mass is 10.1. The lowest BCUT2D eigenvalue weighted by molar-refractivity contribution is -0.384. The van der Waals surface area contributed by atoms with Crippen molar-refractivity contribution in [2.75, 3.05) is 0 Å². The summed E-state index contributed by atoms with van der Waals surface area (Å²) in [5.41, 5.74) is -0.566. The van der Waals surface area contributed by atoms with Crippen LogP contribution in [0.4, 0.5) is 18.9 Å². The predicted molar refractivity (Wildman–Crippen MR) is 73.4 cm³/mol. The van der Waals surface area contributed by atoms with Gasteiger partial charge in [-0.1, -0.05) is 17.8 Å². The molecule has 3 nitrogen and oxygen atoms in total. The normalized spacial score (nSPS) is 11.4. The Balaban J connectivity index is 2.26. The monoisotopic (exact) mass is 313 g/mol. The number of nitrogens with zero attached hydrogens (tertiary/aromatic N) is 1. The van der Waals surface area contributed by atoms with Gasteiger partial charge in [0.15, 0.2) is 0 Å². The number of nitro groups is 1. The summed E-state index contributed by atoms with van der Waals surface area (Å²) in [6.07, 6.45) is -4.39. The number of benzene rings is 2. The molecule has 2 aromatic carbocycles. The quantitative estimate of drug-likeness (QED) is 0.586. The Hall–Kier alpha value is -2.02. The lowest BCUT2D eigenvalue weighted by Gasteiger charge is -2.11. The SMILES string of the molecule is Cc1ccc(Sc2ccc([N+](=O)[O-])cc2)cc1C(F)(F)F. The van der Waals surface area contributed by atoms with E-state index in [0.29, 0.717) is 9.79 Å². The summed E-state index contributed by atoms with van der Waals surface area (Å²) in [6.45, 7) is 1.41. The summed E-state index contributed by atoms with van der Waals surface area (Å²) in [7, 11) is 0. The van der Waals surface area contributed by atoms with Gasteiger partial charge in [0.25, 0.3) is 5.69 Å². The fraction of sp³-hybridized carbons (Fsp3) is 0.143. The van der Waals surface area contributed by atoms with E-state index in [9.17, 15) is 23.3 Å². The fourth-order valence-electron chi connectivity index (χ4n) is 1.74. The fourth-order valence-corrected chi connectivity index (χ4v) is 2.60. The maximum Gasteiger partial charge on any atom is 0.416 e. The van der Waals surface area contributed by atoms with Crippen molar-refractivity contribution in [3.63, 3.8) is 0 Å². The van der Waals surface area contributed by atoms with Crippen molar-refractivity contribution in [1.82, 2.24) is 0 Å². The van der Waals surface area contributed by atoms with Crippen LogP contribution in [0.25, 0.3) is 0 Å². The minimum Gasteiger partial charge on any atom is -0.258 e. The van der Waals surface area contributed by atoms with Crippen LogP contribution in [-0.2, 0) is 6.18 Å². The molecule has 0 bridgehead atoms. The van der Waals surface area contributed by atoms with E-state index in [2.05, 4.69) is 0 Å². The molecule has 0 atom stereocenters. The van der Waals surface area contributed by atoms with Crippen LogP contribution in [0.5, 0.6) is 0 Å². The van der Waals surface area contributed by atoms with E-state index in [1.54, 1.807) is 6.07 Å². The number of nitro benzene ring substituents is 1. The highest BCUT2D eigenvalue weighted by Crippen LogP contribution is 2.36. The van der Waals surface area contributed by atoms with E-state index in [0.717, 1.165) is 17.8 Å². The van der Waals surface area contributed by atoms with E-state index >= 15 is 0 Å². The molecule has 0 heterocycles. The third-order valence-electron chi connectivity index (χ3n) is 2.80. The molecule has 0 unspecified atom stereocenters. The van der Waals surface area contributed by atoms with Crippen LogP contribution < -0.4 is 0 Å². The van der Waals surface area contributed by atoms with E-state index in [1.807, 2.05) is 0 Å². The topological polar surface area (TPSA) is 43.1 Å². The number of non-ortho nitro benzene ring substituents is 1. The van der Waals surface area contributed by atoms with E-state index in [1.165, 1.54) is 37.3 Å². The van der Waals surface area contributed by atoms with Crippen LogP contribution in [0.1, 0.15) is 11.1 Å². The molecule has 0 fully saturated rings. The van der Waals surface area contributed by atoms with E-state index in [-0.39, 0.29) is 11.3 Å². The zero-order chi connectivity index (χ0) is 15.6.